The second kappa shape index (κ2) is 4.72. The largest absolute Gasteiger partial charge is 0.479 e. The van der Waals surface area contributed by atoms with Crippen LogP contribution in [0.1, 0.15) is 17.2 Å². The molecule has 17 heavy (non-hydrogen) atoms. The first-order chi connectivity index (χ1) is 7.75. The van der Waals surface area contributed by atoms with E-state index in [2.05, 4.69) is 0 Å². The van der Waals surface area contributed by atoms with Crippen LogP contribution in [-0.2, 0) is 11.0 Å². The first-order valence-electron chi connectivity index (χ1n) is 4.50. The summed E-state index contributed by atoms with van der Waals surface area (Å²) in [6.07, 6.45) is -9.17. The van der Waals surface area contributed by atoms with Crippen molar-refractivity contribution < 1.29 is 33.3 Å². The number of alkyl halides is 3. The molecule has 0 radical (unpaired) electrons. The van der Waals surface area contributed by atoms with E-state index in [9.17, 15) is 23.1 Å². The number of aliphatic hydroxyl groups is 2. The lowest BCUT2D eigenvalue weighted by molar-refractivity contribution is -0.155. The quantitative estimate of drug-likeness (QED) is 0.752. The average Bonchev–Trinajstić information content (AvgIpc) is 2.25. The molecule has 3 N–H and O–H groups in total. The van der Waals surface area contributed by atoms with Crippen LogP contribution in [0, 0.1) is 0 Å². The van der Waals surface area contributed by atoms with Gasteiger partial charge < -0.3 is 15.3 Å². The predicted octanol–water partition coefficient (Wildman–Crippen LogP) is 1.18. The summed E-state index contributed by atoms with van der Waals surface area (Å²) in [5, 5.41) is 26.8. The van der Waals surface area contributed by atoms with Crippen LogP contribution in [0.2, 0.25) is 0 Å². The van der Waals surface area contributed by atoms with Crippen LogP contribution in [0.3, 0.4) is 0 Å². The lowest BCUT2D eigenvalue weighted by Crippen LogP contribution is -2.29. The van der Waals surface area contributed by atoms with Crippen LogP contribution < -0.4 is 0 Å². The van der Waals surface area contributed by atoms with Gasteiger partial charge in [0.15, 0.2) is 6.10 Å². The van der Waals surface area contributed by atoms with Gasteiger partial charge in [0.25, 0.3) is 0 Å². The lowest BCUT2D eigenvalue weighted by Gasteiger charge is -2.19. The molecule has 0 amide bonds. The highest BCUT2D eigenvalue weighted by Gasteiger charge is 2.37. The number of halogens is 3. The van der Waals surface area contributed by atoms with Crippen molar-refractivity contribution in [1.82, 2.24) is 0 Å². The number of carboxylic acid groups (broad SMARTS) is 1. The van der Waals surface area contributed by atoms with Gasteiger partial charge in [0.05, 0.1) is 5.56 Å². The zero-order chi connectivity index (χ0) is 13.2. The smallest absolute Gasteiger partial charge is 0.416 e. The summed E-state index contributed by atoms with van der Waals surface area (Å²) in [6, 6.07) is 3.93. The Morgan fingerprint density at radius 2 is 1.71 bits per heavy atom. The number of carbonyl (C=O) groups is 1. The molecule has 0 saturated carbocycles. The van der Waals surface area contributed by atoms with Crippen molar-refractivity contribution in [3.05, 3.63) is 35.4 Å². The summed E-state index contributed by atoms with van der Waals surface area (Å²) in [5.41, 5.74) is -1.84. The fraction of sp³-hybridized carbons (Fsp3) is 0.300. The van der Waals surface area contributed by atoms with Crippen molar-refractivity contribution >= 4 is 5.97 Å². The van der Waals surface area contributed by atoms with E-state index in [-0.39, 0.29) is 0 Å². The normalized spacial score (nSPS) is 15.4. The summed E-state index contributed by atoms with van der Waals surface area (Å²) in [5.74, 6) is -1.80. The Balaban J connectivity index is 3.18. The summed E-state index contributed by atoms with van der Waals surface area (Å²) in [6.45, 7) is 0. The first-order valence-corrected chi connectivity index (χ1v) is 4.50. The number of aliphatic hydroxyl groups excluding tert-OH is 2. The minimum atomic E-state index is -4.73. The molecule has 2 atom stereocenters. The van der Waals surface area contributed by atoms with Gasteiger partial charge in [0.1, 0.15) is 6.10 Å². The molecule has 0 aliphatic heterocycles. The van der Waals surface area contributed by atoms with Gasteiger partial charge in [0, 0.05) is 0 Å². The summed E-state index contributed by atoms with van der Waals surface area (Å²) in [7, 11) is 0. The van der Waals surface area contributed by atoms with E-state index in [0.29, 0.717) is 6.07 Å². The highest BCUT2D eigenvalue weighted by molar-refractivity contribution is 5.73. The van der Waals surface area contributed by atoms with Gasteiger partial charge in [-0.25, -0.2) is 4.79 Å². The summed E-state index contributed by atoms with van der Waals surface area (Å²) >= 11 is 0. The van der Waals surface area contributed by atoms with Crippen LogP contribution in [0.5, 0.6) is 0 Å². The molecule has 0 saturated heterocycles. The van der Waals surface area contributed by atoms with Gasteiger partial charge in [-0.2, -0.15) is 13.2 Å². The predicted molar refractivity (Wildman–Crippen MR) is 50.0 cm³/mol. The molecule has 94 valence electrons. The van der Waals surface area contributed by atoms with E-state index in [1.54, 1.807) is 0 Å². The zero-order valence-electron chi connectivity index (χ0n) is 8.35. The highest BCUT2D eigenvalue weighted by Crippen LogP contribution is 2.35. The lowest BCUT2D eigenvalue weighted by atomic mass is 9.98. The Labute approximate surface area is 93.9 Å². The first kappa shape index (κ1) is 13.5. The molecule has 1 rings (SSSR count). The molecule has 0 spiro atoms. The van der Waals surface area contributed by atoms with Crippen molar-refractivity contribution in [2.24, 2.45) is 0 Å². The molecule has 4 nitrogen and oxygen atoms in total. The Morgan fingerprint density at radius 3 is 2.18 bits per heavy atom. The van der Waals surface area contributed by atoms with Gasteiger partial charge in [-0.15, -0.1) is 0 Å². The molecule has 0 aliphatic rings. The highest BCUT2D eigenvalue weighted by atomic mass is 19.4. The maximum absolute atomic E-state index is 12.5. The molecule has 0 aromatic heterocycles. The average molecular weight is 250 g/mol. The van der Waals surface area contributed by atoms with Crippen LogP contribution in [0.4, 0.5) is 13.2 Å². The third kappa shape index (κ3) is 2.95. The van der Waals surface area contributed by atoms with Crippen molar-refractivity contribution in [2.75, 3.05) is 0 Å². The van der Waals surface area contributed by atoms with E-state index in [1.807, 2.05) is 0 Å². The molecular formula is C10H9F3O4. The maximum atomic E-state index is 12.5. The minimum Gasteiger partial charge on any atom is -0.479 e. The molecule has 7 heteroatoms. The van der Waals surface area contributed by atoms with Gasteiger partial charge in [0.2, 0.25) is 0 Å². The third-order valence-corrected chi connectivity index (χ3v) is 2.14. The molecule has 1 aromatic carbocycles. The number of benzene rings is 1. The van der Waals surface area contributed by atoms with E-state index in [0.717, 1.165) is 12.1 Å². The molecule has 0 bridgehead atoms. The number of aliphatic carboxylic acids is 1. The number of carboxylic acids is 1. The third-order valence-electron chi connectivity index (χ3n) is 2.14. The van der Waals surface area contributed by atoms with Crippen molar-refractivity contribution in [2.45, 2.75) is 18.4 Å². The number of rotatable bonds is 3. The Bertz CT molecular complexity index is 416. The van der Waals surface area contributed by atoms with Crippen molar-refractivity contribution in [3.63, 3.8) is 0 Å². The Hall–Kier alpha value is -1.60. The van der Waals surface area contributed by atoms with E-state index in [4.69, 9.17) is 10.2 Å². The topological polar surface area (TPSA) is 77.8 Å². The van der Waals surface area contributed by atoms with Crippen LogP contribution in [-0.4, -0.2) is 27.4 Å². The van der Waals surface area contributed by atoms with E-state index < -0.39 is 35.5 Å². The second-order valence-corrected chi connectivity index (χ2v) is 3.31. The Morgan fingerprint density at radius 1 is 1.18 bits per heavy atom. The Kier molecular flexibility index (Phi) is 3.74. The molecular weight excluding hydrogens is 241 g/mol. The number of hydrogen-bond donors (Lipinski definition) is 3. The molecule has 1 aromatic rings. The van der Waals surface area contributed by atoms with Gasteiger partial charge in [-0.3, -0.25) is 0 Å². The zero-order valence-corrected chi connectivity index (χ0v) is 8.35. The molecule has 2 unspecified atom stereocenters. The maximum Gasteiger partial charge on any atom is 0.416 e. The van der Waals surface area contributed by atoms with Crippen LogP contribution >= 0.6 is 0 Å². The van der Waals surface area contributed by atoms with Gasteiger partial charge in [-0.05, 0) is 11.6 Å². The molecule has 0 fully saturated rings. The van der Waals surface area contributed by atoms with Crippen molar-refractivity contribution in [3.8, 4) is 0 Å². The SMILES string of the molecule is O=C(O)C(O)C(O)c1ccccc1C(F)(F)F. The fourth-order valence-corrected chi connectivity index (χ4v) is 1.32. The minimum absolute atomic E-state index is 0.671. The van der Waals surface area contributed by atoms with Crippen LogP contribution in [0.25, 0.3) is 0 Å². The second-order valence-electron chi connectivity index (χ2n) is 3.31. The molecule has 0 heterocycles. The fourth-order valence-electron chi connectivity index (χ4n) is 1.32. The van der Waals surface area contributed by atoms with Gasteiger partial charge >= 0.3 is 12.1 Å². The van der Waals surface area contributed by atoms with Gasteiger partial charge in [-0.1, -0.05) is 18.2 Å². The summed E-state index contributed by atoms with van der Waals surface area (Å²) in [4.78, 5) is 10.4. The van der Waals surface area contributed by atoms with Crippen LogP contribution in [0.15, 0.2) is 24.3 Å². The standard InChI is InChI=1S/C10H9F3O4/c11-10(12,13)6-4-2-1-3-5(6)7(14)8(15)9(16)17/h1-4,7-8,14-15H,(H,16,17). The number of hydrogen-bond acceptors (Lipinski definition) is 3. The van der Waals surface area contributed by atoms with E-state index in [1.165, 1.54) is 6.07 Å². The monoisotopic (exact) mass is 250 g/mol. The summed E-state index contributed by atoms with van der Waals surface area (Å²) < 4.78 is 37.6. The van der Waals surface area contributed by atoms with Crippen molar-refractivity contribution in [1.29, 1.82) is 0 Å². The van der Waals surface area contributed by atoms with E-state index >= 15 is 0 Å². The molecule has 0 aliphatic carbocycles.